The fraction of sp³-hybridized carbons (Fsp3) is 0.0714. The van der Waals surface area contributed by atoms with Crippen molar-refractivity contribution in [3.63, 3.8) is 0 Å². The third kappa shape index (κ3) is 2.22. The van der Waals surface area contributed by atoms with E-state index < -0.39 is 0 Å². The van der Waals surface area contributed by atoms with Crippen LogP contribution in [0.2, 0.25) is 0 Å². The van der Waals surface area contributed by atoms with Gasteiger partial charge in [0.1, 0.15) is 11.2 Å². The minimum absolute atomic E-state index is 0.980. The van der Waals surface area contributed by atoms with E-state index in [1.807, 2.05) is 0 Å². The zero-order valence-corrected chi connectivity index (χ0v) is 16.5. The fourth-order valence-corrected chi connectivity index (χ4v) is 4.79. The molecule has 0 aliphatic carbocycles. The summed E-state index contributed by atoms with van der Waals surface area (Å²) in [6.07, 6.45) is 0. The van der Waals surface area contributed by atoms with E-state index in [1.54, 1.807) is 0 Å². The van der Waals surface area contributed by atoms with Gasteiger partial charge in [0.2, 0.25) is 0 Å². The number of rotatable bonds is 1. The van der Waals surface area contributed by atoms with E-state index in [2.05, 4.69) is 98.8 Å². The first-order valence-electron chi connectivity index (χ1n) is 10.1. The van der Waals surface area contributed by atoms with Crippen LogP contribution in [0.4, 0.5) is 0 Å². The Morgan fingerprint density at radius 2 is 1.24 bits per heavy atom. The minimum Gasteiger partial charge on any atom is -0.455 e. The van der Waals surface area contributed by atoms with Crippen LogP contribution in [0.1, 0.15) is 11.1 Å². The first-order valence-corrected chi connectivity index (χ1v) is 10.1. The lowest BCUT2D eigenvalue weighted by molar-refractivity contribution is 0.670. The van der Waals surface area contributed by atoms with Gasteiger partial charge in [-0.05, 0) is 52.8 Å². The summed E-state index contributed by atoms with van der Waals surface area (Å²) in [6, 6.07) is 30.2. The van der Waals surface area contributed by atoms with Crippen LogP contribution < -0.4 is 0 Å². The number of hydrogen-bond acceptors (Lipinski definition) is 1. The van der Waals surface area contributed by atoms with Gasteiger partial charge < -0.3 is 4.42 Å². The Morgan fingerprint density at radius 3 is 2.07 bits per heavy atom. The molecular formula is C28H20O. The smallest absolute Gasteiger partial charge is 0.143 e. The normalized spacial score (nSPS) is 11.8. The SMILES string of the molecule is Cc1ccccc1-c1c(C)c2oc3c4ccccc4ccc3c2c2ccccc12. The Kier molecular flexibility index (Phi) is 3.36. The van der Waals surface area contributed by atoms with Crippen molar-refractivity contribution in [1.29, 1.82) is 0 Å². The molecule has 0 atom stereocenters. The predicted octanol–water partition coefficient (Wildman–Crippen LogP) is 8.18. The summed E-state index contributed by atoms with van der Waals surface area (Å²) >= 11 is 0. The molecule has 138 valence electrons. The highest BCUT2D eigenvalue weighted by atomic mass is 16.3. The maximum absolute atomic E-state index is 6.61. The van der Waals surface area contributed by atoms with Crippen molar-refractivity contribution in [3.05, 3.63) is 96.1 Å². The highest BCUT2D eigenvalue weighted by molar-refractivity contribution is 6.26. The van der Waals surface area contributed by atoms with Gasteiger partial charge in [-0.25, -0.2) is 0 Å². The van der Waals surface area contributed by atoms with Gasteiger partial charge in [-0.3, -0.25) is 0 Å². The molecule has 0 unspecified atom stereocenters. The molecule has 1 heteroatoms. The number of aryl methyl sites for hydroxylation is 2. The molecule has 1 aromatic heterocycles. The van der Waals surface area contributed by atoms with Gasteiger partial charge >= 0.3 is 0 Å². The summed E-state index contributed by atoms with van der Waals surface area (Å²) < 4.78 is 6.61. The van der Waals surface area contributed by atoms with Gasteiger partial charge in [0, 0.05) is 21.7 Å². The molecule has 29 heavy (non-hydrogen) atoms. The van der Waals surface area contributed by atoms with Crippen LogP contribution in [0.15, 0.2) is 89.3 Å². The Bertz CT molecular complexity index is 1570. The van der Waals surface area contributed by atoms with Gasteiger partial charge in [0.25, 0.3) is 0 Å². The van der Waals surface area contributed by atoms with Crippen molar-refractivity contribution in [3.8, 4) is 11.1 Å². The van der Waals surface area contributed by atoms with Crippen molar-refractivity contribution in [2.24, 2.45) is 0 Å². The molecule has 0 spiro atoms. The van der Waals surface area contributed by atoms with Crippen LogP contribution in [-0.2, 0) is 0 Å². The first-order chi connectivity index (χ1) is 14.2. The number of benzene rings is 5. The third-order valence-corrected chi connectivity index (χ3v) is 6.18. The molecule has 0 N–H and O–H groups in total. The van der Waals surface area contributed by atoms with E-state index in [0.29, 0.717) is 0 Å². The molecule has 0 amide bonds. The van der Waals surface area contributed by atoms with E-state index in [-0.39, 0.29) is 0 Å². The van der Waals surface area contributed by atoms with Crippen molar-refractivity contribution in [2.45, 2.75) is 13.8 Å². The molecule has 0 radical (unpaired) electrons. The number of fused-ring (bicyclic) bond motifs is 7. The maximum Gasteiger partial charge on any atom is 0.143 e. The average Bonchev–Trinajstić information content (AvgIpc) is 3.16. The summed E-state index contributed by atoms with van der Waals surface area (Å²) in [5.74, 6) is 0. The molecule has 6 rings (SSSR count). The van der Waals surface area contributed by atoms with Crippen LogP contribution in [0.3, 0.4) is 0 Å². The van der Waals surface area contributed by atoms with Gasteiger partial charge in [0.15, 0.2) is 0 Å². The van der Waals surface area contributed by atoms with E-state index >= 15 is 0 Å². The summed E-state index contributed by atoms with van der Waals surface area (Å²) in [5.41, 5.74) is 7.00. The second kappa shape index (κ2) is 5.96. The van der Waals surface area contributed by atoms with E-state index in [4.69, 9.17) is 4.42 Å². The van der Waals surface area contributed by atoms with Crippen LogP contribution in [0, 0.1) is 13.8 Å². The fourth-order valence-electron chi connectivity index (χ4n) is 4.79. The molecule has 0 saturated heterocycles. The highest BCUT2D eigenvalue weighted by Crippen LogP contribution is 2.44. The molecule has 1 heterocycles. The van der Waals surface area contributed by atoms with Crippen molar-refractivity contribution < 1.29 is 4.42 Å². The molecule has 0 bridgehead atoms. The van der Waals surface area contributed by atoms with Crippen LogP contribution in [0.25, 0.3) is 54.6 Å². The van der Waals surface area contributed by atoms with Crippen molar-refractivity contribution in [1.82, 2.24) is 0 Å². The van der Waals surface area contributed by atoms with E-state index in [0.717, 1.165) is 11.2 Å². The molecule has 1 nitrogen and oxygen atoms in total. The number of furan rings is 1. The third-order valence-electron chi connectivity index (χ3n) is 6.18. The molecule has 0 fully saturated rings. The largest absolute Gasteiger partial charge is 0.455 e. The van der Waals surface area contributed by atoms with Gasteiger partial charge in [-0.15, -0.1) is 0 Å². The van der Waals surface area contributed by atoms with Crippen molar-refractivity contribution >= 4 is 43.5 Å². The van der Waals surface area contributed by atoms with Gasteiger partial charge in [-0.2, -0.15) is 0 Å². The standard InChI is InChI=1S/C28H20O/c1-17-9-3-5-11-20(17)25-18(2)27-26(23-14-8-7-13-22(23)25)24-16-15-19-10-4-6-12-21(19)28(24)29-27/h3-16H,1-2H3. The van der Waals surface area contributed by atoms with Crippen LogP contribution >= 0.6 is 0 Å². The molecule has 0 aliphatic rings. The Hall–Kier alpha value is -3.58. The zero-order chi connectivity index (χ0) is 19.5. The van der Waals surface area contributed by atoms with Crippen molar-refractivity contribution in [2.75, 3.05) is 0 Å². The molecule has 0 aliphatic heterocycles. The monoisotopic (exact) mass is 372 g/mol. The lowest BCUT2D eigenvalue weighted by Gasteiger charge is -2.14. The predicted molar refractivity (Wildman–Crippen MR) is 124 cm³/mol. The van der Waals surface area contributed by atoms with E-state index in [1.165, 1.54) is 54.6 Å². The Balaban J connectivity index is 1.89. The lowest BCUT2D eigenvalue weighted by Crippen LogP contribution is -1.90. The summed E-state index contributed by atoms with van der Waals surface area (Å²) in [6.45, 7) is 4.38. The number of hydrogen-bond donors (Lipinski definition) is 0. The Morgan fingerprint density at radius 1 is 0.552 bits per heavy atom. The topological polar surface area (TPSA) is 13.1 Å². The summed E-state index contributed by atoms with van der Waals surface area (Å²) in [5, 5.41) is 7.32. The highest BCUT2D eigenvalue weighted by Gasteiger charge is 2.20. The summed E-state index contributed by atoms with van der Waals surface area (Å²) in [4.78, 5) is 0. The minimum atomic E-state index is 0.980. The second-order valence-electron chi connectivity index (χ2n) is 7.83. The molecular weight excluding hydrogens is 352 g/mol. The summed E-state index contributed by atoms with van der Waals surface area (Å²) in [7, 11) is 0. The second-order valence-corrected chi connectivity index (χ2v) is 7.83. The zero-order valence-electron chi connectivity index (χ0n) is 16.5. The van der Waals surface area contributed by atoms with Crippen LogP contribution in [-0.4, -0.2) is 0 Å². The first kappa shape index (κ1) is 16.4. The van der Waals surface area contributed by atoms with E-state index in [9.17, 15) is 0 Å². The molecule has 6 aromatic rings. The quantitative estimate of drug-likeness (QED) is 0.284. The Labute approximate surface area is 169 Å². The van der Waals surface area contributed by atoms with Gasteiger partial charge in [-0.1, -0.05) is 78.9 Å². The van der Waals surface area contributed by atoms with Crippen LogP contribution in [0.5, 0.6) is 0 Å². The molecule has 0 saturated carbocycles. The average molecular weight is 372 g/mol. The maximum atomic E-state index is 6.61. The molecule has 5 aromatic carbocycles. The lowest BCUT2D eigenvalue weighted by atomic mass is 9.89. The van der Waals surface area contributed by atoms with Gasteiger partial charge in [0.05, 0.1) is 0 Å².